The highest BCUT2D eigenvalue weighted by atomic mass is 35.5. The van der Waals surface area contributed by atoms with E-state index in [9.17, 15) is 0 Å². The summed E-state index contributed by atoms with van der Waals surface area (Å²) >= 11 is 5.87. The Morgan fingerprint density at radius 2 is 2.18 bits per heavy atom. The van der Waals surface area contributed by atoms with Gasteiger partial charge in [0.15, 0.2) is 0 Å². The van der Waals surface area contributed by atoms with E-state index in [1.54, 1.807) is 10.8 Å². The minimum Gasteiger partial charge on any atom is -0.485 e. The number of aliphatic hydroxyl groups excluding tert-OH is 1. The number of hydrogen-bond acceptors (Lipinski definition) is 3. The topological polar surface area (TPSA) is 47.3 Å². The zero-order chi connectivity index (χ0) is 12.3. The van der Waals surface area contributed by atoms with Crippen LogP contribution < -0.4 is 4.74 Å². The minimum absolute atomic E-state index is 0.0442. The Morgan fingerprint density at radius 1 is 1.41 bits per heavy atom. The number of para-hydroxylation sites is 1. The van der Waals surface area contributed by atoms with Crippen LogP contribution in [0.25, 0.3) is 0 Å². The standard InChI is InChI=1S/C12H13ClN2O2/c1-15-11(13)6-14-12(15)8-17-10-5-3-2-4-9(10)7-16/h2-6,16H,7-8H2,1H3. The molecule has 17 heavy (non-hydrogen) atoms. The van der Waals surface area contributed by atoms with E-state index in [0.29, 0.717) is 17.5 Å². The van der Waals surface area contributed by atoms with E-state index >= 15 is 0 Å². The zero-order valence-electron chi connectivity index (χ0n) is 9.43. The van der Waals surface area contributed by atoms with Crippen LogP contribution in [0.2, 0.25) is 5.15 Å². The third-order valence-corrected chi connectivity index (χ3v) is 2.88. The Bertz CT molecular complexity index is 511. The molecule has 0 amide bonds. The Hall–Kier alpha value is -1.52. The molecule has 0 radical (unpaired) electrons. The first-order chi connectivity index (χ1) is 8.22. The quantitative estimate of drug-likeness (QED) is 0.907. The highest BCUT2D eigenvalue weighted by Gasteiger charge is 2.07. The largest absolute Gasteiger partial charge is 0.485 e. The molecule has 1 aromatic heterocycles. The number of hydrogen-bond donors (Lipinski definition) is 1. The third-order valence-electron chi connectivity index (χ3n) is 2.53. The fourth-order valence-electron chi connectivity index (χ4n) is 1.48. The van der Waals surface area contributed by atoms with Gasteiger partial charge in [0.05, 0.1) is 12.8 Å². The molecule has 0 atom stereocenters. The summed E-state index contributed by atoms with van der Waals surface area (Å²) in [5.41, 5.74) is 0.757. The van der Waals surface area contributed by atoms with Crippen molar-refractivity contribution in [3.63, 3.8) is 0 Å². The summed E-state index contributed by atoms with van der Waals surface area (Å²) in [6.45, 7) is 0.276. The van der Waals surface area contributed by atoms with Crippen molar-refractivity contribution < 1.29 is 9.84 Å². The molecule has 0 bridgehead atoms. The molecule has 1 aromatic carbocycles. The van der Waals surface area contributed by atoms with Crippen molar-refractivity contribution >= 4 is 11.6 Å². The van der Waals surface area contributed by atoms with Crippen LogP contribution in [-0.2, 0) is 20.3 Å². The predicted molar refractivity (Wildman–Crippen MR) is 64.9 cm³/mol. The fourth-order valence-corrected chi connectivity index (χ4v) is 1.62. The molecule has 1 N–H and O–H groups in total. The van der Waals surface area contributed by atoms with Gasteiger partial charge in [0.2, 0.25) is 0 Å². The van der Waals surface area contributed by atoms with Gasteiger partial charge in [-0.15, -0.1) is 0 Å². The van der Waals surface area contributed by atoms with Gasteiger partial charge in [-0.3, -0.25) is 0 Å². The molecular weight excluding hydrogens is 240 g/mol. The van der Waals surface area contributed by atoms with Gasteiger partial charge in [-0.2, -0.15) is 0 Å². The fraction of sp³-hybridized carbons (Fsp3) is 0.250. The van der Waals surface area contributed by atoms with Crippen LogP contribution in [0, 0.1) is 0 Å². The van der Waals surface area contributed by atoms with Gasteiger partial charge in [-0.25, -0.2) is 4.98 Å². The summed E-state index contributed by atoms with van der Waals surface area (Å²) in [5.74, 6) is 1.40. The number of nitrogens with zero attached hydrogens (tertiary/aromatic N) is 2. The van der Waals surface area contributed by atoms with Gasteiger partial charge in [-0.05, 0) is 6.07 Å². The smallest absolute Gasteiger partial charge is 0.147 e. The summed E-state index contributed by atoms with van der Waals surface area (Å²) < 4.78 is 7.36. The van der Waals surface area contributed by atoms with E-state index in [-0.39, 0.29) is 6.61 Å². The first-order valence-corrected chi connectivity index (χ1v) is 5.58. The van der Waals surface area contributed by atoms with Gasteiger partial charge >= 0.3 is 0 Å². The van der Waals surface area contributed by atoms with Crippen LogP contribution in [0.4, 0.5) is 0 Å². The van der Waals surface area contributed by atoms with Gasteiger partial charge in [0.1, 0.15) is 23.3 Å². The number of rotatable bonds is 4. The molecule has 0 aliphatic rings. The summed E-state index contributed by atoms with van der Waals surface area (Å²) in [6, 6.07) is 7.35. The zero-order valence-corrected chi connectivity index (χ0v) is 10.2. The van der Waals surface area contributed by atoms with Gasteiger partial charge in [0.25, 0.3) is 0 Å². The lowest BCUT2D eigenvalue weighted by molar-refractivity contribution is 0.254. The van der Waals surface area contributed by atoms with Crippen molar-refractivity contribution in [1.29, 1.82) is 0 Å². The number of ether oxygens (including phenoxy) is 1. The van der Waals surface area contributed by atoms with Crippen LogP contribution >= 0.6 is 11.6 Å². The lowest BCUT2D eigenvalue weighted by Crippen LogP contribution is -2.04. The SMILES string of the molecule is Cn1c(Cl)cnc1COc1ccccc1CO. The average Bonchev–Trinajstić information content (AvgIpc) is 2.68. The second-order valence-corrected chi connectivity index (χ2v) is 4.00. The third kappa shape index (κ3) is 2.60. The maximum Gasteiger partial charge on any atom is 0.147 e. The lowest BCUT2D eigenvalue weighted by atomic mass is 10.2. The molecule has 90 valence electrons. The Morgan fingerprint density at radius 3 is 2.82 bits per heavy atom. The summed E-state index contributed by atoms with van der Waals surface area (Å²) in [6.07, 6.45) is 1.58. The highest BCUT2D eigenvalue weighted by molar-refractivity contribution is 6.29. The minimum atomic E-state index is -0.0442. The highest BCUT2D eigenvalue weighted by Crippen LogP contribution is 2.19. The monoisotopic (exact) mass is 252 g/mol. The van der Waals surface area contributed by atoms with E-state index in [1.165, 1.54) is 0 Å². The maximum atomic E-state index is 9.15. The molecule has 2 rings (SSSR count). The van der Waals surface area contributed by atoms with Crippen LogP contribution in [0.1, 0.15) is 11.4 Å². The number of imidazole rings is 1. The summed E-state index contributed by atoms with van der Waals surface area (Å²) in [4.78, 5) is 4.13. The van der Waals surface area contributed by atoms with Crippen molar-refractivity contribution in [2.75, 3.05) is 0 Å². The molecule has 2 aromatic rings. The molecule has 0 saturated carbocycles. The van der Waals surface area contributed by atoms with Crippen LogP contribution in [0.15, 0.2) is 30.5 Å². The van der Waals surface area contributed by atoms with Crippen molar-refractivity contribution in [3.8, 4) is 5.75 Å². The van der Waals surface area contributed by atoms with Crippen LogP contribution in [-0.4, -0.2) is 14.7 Å². The van der Waals surface area contributed by atoms with Gasteiger partial charge in [0, 0.05) is 12.6 Å². The van der Waals surface area contributed by atoms with Crippen molar-refractivity contribution in [2.24, 2.45) is 7.05 Å². The van der Waals surface area contributed by atoms with E-state index in [4.69, 9.17) is 21.4 Å². The Labute approximate surface area is 104 Å². The maximum absolute atomic E-state index is 9.15. The molecule has 0 saturated heterocycles. The van der Waals surface area contributed by atoms with Crippen molar-refractivity contribution in [1.82, 2.24) is 9.55 Å². The number of aromatic nitrogens is 2. The number of halogens is 1. The first kappa shape index (κ1) is 12.0. The first-order valence-electron chi connectivity index (χ1n) is 5.20. The number of aliphatic hydroxyl groups is 1. The molecule has 1 heterocycles. The number of benzene rings is 1. The van der Waals surface area contributed by atoms with Crippen LogP contribution in [0.5, 0.6) is 5.75 Å². The molecule has 4 nitrogen and oxygen atoms in total. The van der Waals surface area contributed by atoms with E-state index < -0.39 is 0 Å². The second-order valence-electron chi connectivity index (χ2n) is 3.61. The predicted octanol–water partition coefficient (Wildman–Crippen LogP) is 2.14. The molecule has 0 spiro atoms. The molecule has 0 fully saturated rings. The molecule has 0 unspecified atom stereocenters. The normalized spacial score (nSPS) is 10.5. The Kier molecular flexibility index (Phi) is 3.66. The van der Waals surface area contributed by atoms with Crippen LogP contribution in [0.3, 0.4) is 0 Å². The summed E-state index contributed by atoms with van der Waals surface area (Å²) in [5, 5.41) is 9.72. The molecule has 5 heteroatoms. The van der Waals surface area contributed by atoms with E-state index in [1.807, 2.05) is 31.3 Å². The van der Waals surface area contributed by atoms with E-state index in [0.717, 1.165) is 11.4 Å². The van der Waals surface area contributed by atoms with Gasteiger partial charge in [-0.1, -0.05) is 29.8 Å². The van der Waals surface area contributed by atoms with Crippen molar-refractivity contribution in [3.05, 3.63) is 47.0 Å². The second kappa shape index (κ2) is 5.21. The van der Waals surface area contributed by atoms with Crippen molar-refractivity contribution in [2.45, 2.75) is 13.2 Å². The Balaban J connectivity index is 2.10. The van der Waals surface area contributed by atoms with Gasteiger partial charge < -0.3 is 14.4 Å². The molecule has 0 aliphatic carbocycles. The summed E-state index contributed by atoms with van der Waals surface area (Å²) in [7, 11) is 1.83. The molecular formula is C12H13ClN2O2. The average molecular weight is 253 g/mol. The molecule has 0 aliphatic heterocycles. The van der Waals surface area contributed by atoms with E-state index in [2.05, 4.69) is 4.98 Å². The lowest BCUT2D eigenvalue weighted by Gasteiger charge is -2.09.